The Labute approximate surface area is 133 Å². The minimum atomic E-state index is -0.139. The summed E-state index contributed by atoms with van der Waals surface area (Å²) in [5, 5.41) is 0. The van der Waals surface area contributed by atoms with Crippen molar-refractivity contribution in [1.82, 2.24) is 4.57 Å². The Morgan fingerprint density at radius 1 is 0.957 bits per heavy atom. The van der Waals surface area contributed by atoms with Crippen molar-refractivity contribution in [2.24, 2.45) is 0 Å². The van der Waals surface area contributed by atoms with Gasteiger partial charge in [0.1, 0.15) is 12.4 Å². The average Bonchev–Trinajstić information content (AvgIpc) is 2.61. The number of hydrogen-bond donors (Lipinski definition) is 0. The van der Waals surface area contributed by atoms with Gasteiger partial charge in [0.05, 0.1) is 11.3 Å². The molecule has 0 aliphatic heterocycles. The standard InChI is InChI=1S/C19H15NO3/c21-13-16-9-10-17(20-11-5-4-8-19(20)22)12-18(16)23-14-15-6-2-1-3-7-15/h1-13H,14H2. The summed E-state index contributed by atoms with van der Waals surface area (Å²) in [7, 11) is 0. The number of carbonyl (C=O) groups is 1. The summed E-state index contributed by atoms with van der Waals surface area (Å²) in [6.45, 7) is 0.356. The van der Waals surface area contributed by atoms with Gasteiger partial charge < -0.3 is 4.74 Å². The monoisotopic (exact) mass is 305 g/mol. The number of pyridine rings is 1. The lowest BCUT2D eigenvalue weighted by Gasteiger charge is -2.12. The van der Waals surface area contributed by atoms with Gasteiger partial charge in [0.2, 0.25) is 0 Å². The molecule has 0 spiro atoms. The molecule has 23 heavy (non-hydrogen) atoms. The van der Waals surface area contributed by atoms with Crippen LogP contribution in [0.4, 0.5) is 0 Å². The van der Waals surface area contributed by atoms with E-state index in [4.69, 9.17) is 4.74 Å². The van der Waals surface area contributed by atoms with Gasteiger partial charge >= 0.3 is 0 Å². The summed E-state index contributed by atoms with van der Waals surface area (Å²) in [5.74, 6) is 0.456. The third-order valence-electron chi connectivity index (χ3n) is 3.46. The Bertz CT molecular complexity index is 869. The quantitative estimate of drug-likeness (QED) is 0.680. The Morgan fingerprint density at radius 2 is 1.74 bits per heavy atom. The Morgan fingerprint density at radius 3 is 2.48 bits per heavy atom. The van der Waals surface area contributed by atoms with E-state index < -0.39 is 0 Å². The second-order valence-corrected chi connectivity index (χ2v) is 5.02. The van der Waals surface area contributed by atoms with E-state index in [0.717, 1.165) is 11.8 Å². The van der Waals surface area contributed by atoms with E-state index in [0.29, 0.717) is 23.6 Å². The summed E-state index contributed by atoms with van der Waals surface area (Å²) in [5.41, 5.74) is 1.98. The highest BCUT2D eigenvalue weighted by molar-refractivity contribution is 5.80. The van der Waals surface area contributed by atoms with Gasteiger partial charge in [-0.2, -0.15) is 0 Å². The molecule has 0 aliphatic carbocycles. The molecule has 4 heteroatoms. The fraction of sp³-hybridized carbons (Fsp3) is 0.0526. The molecule has 0 radical (unpaired) electrons. The molecule has 0 saturated carbocycles. The van der Waals surface area contributed by atoms with Gasteiger partial charge in [-0.3, -0.25) is 14.2 Å². The third-order valence-corrected chi connectivity index (χ3v) is 3.46. The summed E-state index contributed by atoms with van der Waals surface area (Å²) in [4.78, 5) is 23.1. The fourth-order valence-electron chi connectivity index (χ4n) is 2.27. The number of rotatable bonds is 5. The van der Waals surface area contributed by atoms with Crippen LogP contribution in [0.1, 0.15) is 15.9 Å². The van der Waals surface area contributed by atoms with Crippen molar-refractivity contribution in [3.05, 3.63) is 94.4 Å². The molecule has 0 atom stereocenters. The molecule has 1 aromatic heterocycles. The normalized spacial score (nSPS) is 10.3. The highest BCUT2D eigenvalue weighted by Crippen LogP contribution is 2.22. The number of aldehydes is 1. The molecule has 114 valence electrons. The molecule has 3 rings (SSSR count). The maximum atomic E-state index is 11.9. The van der Waals surface area contributed by atoms with Crippen LogP contribution >= 0.6 is 0 Å². The minimum Gasteiger partial charge on any atom is -0.488 e. The maximum absolute atomic E-state index is 11.9. The van der Waals surface area contributed by atoms with Gasteiger partial charge in [-0.15, -0.1) is 0 Å². The van der Waals surface area contributed by atoms with Crippen LogP contribution < -0.4 is 10.3 Å². The van der Waals surface area contributed by atoms with E-state index in [1.807, 2.05) is 30.3 Å². The fourth-order valence-corrected chi connectivity index (χ4v) is 2.27. The molecular weight excluding hydrogens is 290 g/mol. The molecule has 0 amide bonds. The topological polar surface area (TPSA) is 48.3 Å². The summed E-state index contributed by atoms with van der Waals surface area (Å²) >= 11 is 0. The van der Waals surface area contributed by atoms with Crippen molar-refractivity contribution in [3.63, 3.8) is 0 Å². The molecule has 0 saturated heterocycles. The van der Waals surface area contributed by atoms with Gasteiger partial charge in [0.15, 0.2) is 6.29 Å². The number of carbonyl (C=O) groups excluding carboxylic acids is 1. The molecule has 0 bridgehead atoms. The second kappa shape index (κ2) is 6.75. The molecular formula is C19H15NO3. The van der Waals surface area contributed by atoms with Gasteiger partial charge in [-0.25, -0.2) is 0 Å². The number of nitrogens with zero attached hydrogens (tertiary/aromatic N) is 1. The zero-order chi connectivity index (χ0) is 16.1. The first-order chi connectivity index (χ1) is 11.3. The van der Waals surface area contributed by atoms with E-state index in [-0.39, 0.29) is 5.56 Å². The molecule has 2 aromatic carbocycles. The van der Waals surface area contributed by atoms with Crippen LogP contribution in [0.2, 0.25) is 0 Å². The molecule has 0 N–H and O–H groups in total. The number of benzene rings is 2. The van der Waals surface area contributed by atoms with Crippen LogP contribution in [0.15, 0.2) is 77.7 Å². The molecule has 0 aliphatic rings. The smallest absolute Gasteiger partial charge is 0.255 e. The van der Waals surface area contributed by atoms with E-state index in [1.165, 1.54) is 10.6 Å². The van der Waals surface area contributed by atoms with Crippen molar-refractivity contribution in [2.45, 2.75) is 6.61 Å². The Hall–Kier alpha value is -3.14. The van der Waals surface area contributed by atoms with Crippen LogP contribution in [0.5, 0.6) is 5.75 Å². The maximum Gasteiger partial charge on any atom is 0.255 e. The van der Waals surface area contributed by atoms with Crippen LogP contribution in [-0.4, -0.2) is 10.9 Å². The first kappa shape index (κ1) is 14.8. The van der Waals surface area contributed by atoms with Crippen LogP contribution in [0, 0.1) is 0 Å². The van der Waals surface area contributed by atoms with Crippen molar-refractivity contribution in [3.8, 4) is 11.4 Å². The predicted octanol–water partition coefficient (Wildman–Crippen LogP) is 3.23. The lowest BCUT2D eigenvalue weighted by molar-refractivity contribution is 0.111. The zero-order valence-electron chi connectivity index (χ0n) is 12.4. The van der Waals surface area contributed by atoms with Gasteiger partial charge in [-0.05, 0) is 23.8 Å². The number of ether oxygens (including phenoxy) is 1. The van der Waals surface area contributed by atoms with Crippen molar-refractivity contribution in [2.75, 3.05) is 0 Å². The second-order valence-electron chi connectivity index (χ2n) is 5.02. The highest BCUT2D eigenvalue weighted by Gasteiger charge is 2.07. The highest BCUT2D eigenvalue weighted by atomic mass is 16.5. The van der Waals surface area contributed by atoms with Crippen molar-refractivity contribution in [1.29, 1.82) is 0 Å². The molecule has 0 fully saturated rings. The summed E-state index contributed by atoms with van der Waals surface area (Å²) in [6.07, 6.45) is 2.43. The molecule has 0 unspecified atom stereocenters. The number of hydrogen-bond acceptors (Lipinski definition) is 3. The van der Waals surface area contributed by atoms with Crippen LogP contribution in [0.3, 0.4) is 0 Å². The number of aromatic nitrogens is 1. The summed E-state index contributed by atoms with van der Waals surface area (Å²) in [6, 6.07) is 19.7. The largest absolute Gasteiger partial charge is 0.488 e. The van der Waals surface area contributed by atoms with Gasteiger partial charge in [-0.1, -0.05) is 36.4 Å². The molecule has 4 nitrogen and oxygen atoms in total. The third kappa shape index (κ3) is 3.37. The lowest BCUT2D eigenvalue weighted by Crippen LogP contribution is -2.15. The van der Waals surface area contributed by atoms with Crippen molar-refractivity contribution < 1.29 is 9.53 Å². The molecule has 1 heterocycles. The molecule has 3 aromatic rings. The minimum absolute atomic E-state index is 0.139. The van der Waals surface area contributed by atoms with Crippen LogP contribution in [-0.2, 0) is 6.61 Å². The van der Waals surface area contributed by atoms with E-state index in [9.17, 15) is 9.59 Å². The Balaban J connectivity index is 1.92. The average molecular weight is 305 g/mol. The van der Waals surface area contributed by atoms with Gasteiger partial charge in [0, 0.05) is 18.3 Å². The van der Waals surface area contributed by atoms with E-state index in [2.05, 4.69) is 0 Å². The van der Waals surface area contributed by atoms with E-state index in [1.54, 1.807) is 36.5 Å². The van der Waals surface area contributed by atoms with Crippen molar-refractivity contribution >= 4 is 6.29 Å². The predicted molar refractivity (Wildman–Crippen MR) is 88.2 cm³/mol. The SMILES string of the molecule is O=Cc1ccc(-n2ccccc2=O)cc1OCc1ccccc1. The zero-order valence-corrected chi connectivity index (χ0v) is 12.4. The van der Waals surface area contributed by atoms with E-state index >= 15 is 0 Å². The first-order valence-electron chi connectivity index (χ1n) is 7.22. The Kier molecular flexibility index (Phi) is 4.34. The first-order valence-corrected chi connectivity index (χ1v) is 7.22. The summed E-state index contributed by atoms with van der Waals surface area (Å²) < 4.78 is 7.27. The van der Waals surface area contributed by atoms with Crippen LogP contribution in [0.25, 0.3) is 5.69 Å². The lowest BCUT2D eigenvalue weighted by atomic mass is 10.2. The van der Waals surface area contributed by atoms with Gasteiger partial charge in [0.25, 0.3) is 5.56 Å².